The number of nitrogens with one attached hydrogen (secondary N) is 1. The van der Waals surface area contributed by atoms with E-state index in [0.29, 0.717) is 36.3 Å². The van der Waals surface area contributed by atoms with Crippen LogP contribution in [0.4, 0.5) is 27.9 Å². The number of piperidine rings is 1. The maximum Gasteiger partial charge on any atom is 0.280 e. The molecular formula is C24H26F5N7O2. The van der Waals surface area contributed by atoms with E-state index >= 15 is 4.39 Å². The first kappa shape index (κ1) is 26.1. The molecule has 0 aliphatic carbocycles. The van der Waals surface area contributed by atoms with Crippen molar-refractivity contribution in [3.05, 3.63) is 36.5 Å². The largest absolute Gasteiger partial charge is 0.479 e. The van der Waals surface area contributed by atoms with Crippen molar-refractivity contribution in [3.8, 4) is 17.0 Å². The van der Waals surface area contributed by atoms with E-state index in [-0.39, 0.29) is 29.3 Å². The molecule has 14 heteroatoms. The molecule has 38 heavy (non-hydrogen) atoms. The number of ether oxygens (including phenoxy) is 2. The molecule has 0 amide bonds. The summed E-state index contributed by atoms with van der Waals surface area (Å²) in [5.74, 6) is -3.92. The lowest BCUT2D eigenvalue weighted by Gasteiger charge is -2.38. The van der Waals surface area contributed by atoms with Gasteiger partial charge >= 0.3 is 0 Å². The maximum absolute atomic E-state index is 15.3. The van der Waals surface area contributed by atoms with Crippen LogP contribution in [0.15, 0.2) is 30.7 Å². The minimum Gasteiger partial charge on any atom is -0.479 e. The average molecular weight is 540 g/mol. The summed E-state index contributed by atoms with van der Waals surface area (Å²) >= 11 is 0. The third kappa shape index (κ3) is 4.97. The fourth-order valence-corrected chi connectivity index (χ4v) is 4.76. The molecule has 4 heterocycles. The zero-order valence-electron chi connectivity index (χ0n) is 20.7. The molecule has 0 saturated carbocycles. The topological polar surface area (TPSA) is 81.7 Å². The molecule has 204 valence electrons. The van der Waals surface area contributed by atoms with Crippen LogP contribution in [-0.4, -0.2) is 87.9 Å². The van der Waals surface area contributed by atoms with Crippen LogP contribution < -0.4 is 10.1 Å². The van der Waals surface area contributed by atoms with Gasteiger partial charge in [-0.3, -0.25) is 4.90 Å². The summed E-state index contributed by atoms with van der Waals surface area (Å²) in [5, 5.41) is 6.91. The number of likely N-dealkylation sites (tertiary alicyclic amines) is 1. The van der Waals surface area contributed by atoms with Gasteiger partial charge in [0.1, 0.15) is 5.52 Å². The zero-order valence-corrected chi connectivity index (χ0v) is 20.7. The predicted molar refractivity (Wildman–Crippen MR) is 130 cm³/mol. The van der Waals surface area contributed by atoms with Gasteiger partial charge in [-0.25, -0.2) is 31.5 Å². The molecule has 1 fully saturated rings. The molecule has 9 nitrogen and oxygen atoms in total. The summed E-state index contributed by atoms with van der Waals surface area (Å²) in [6, 6.07) is 3.51. The van der Waals surface area contributed by atoms with Gasteiger partial charge in [-0.05, 0) is 24.1 Å². The summed E-state index contributed by atoms with van der Waals surface area (Å²) in [6.07, 6.45) is -0.0640. The molecule has 1 unspecified atom stereocenters. The molecule has 0 radical (unpaired) electrons. The molecule has 4 aromatic rings. The number of alkyl halides is 4. The second-order valence-corrected chi connectivity index (χ2v) is 9.10. The van der Waals surface area contributed by atoms with E-state index in [1.807, 2.05) is 0 Å². The summed E-state index contributed by atoms with van der Waals surface area (Å²) in [6.45, 7) is 0.184. The Morgan fingerprint density at radius 1 is 1.24 bits per heavy atom. The molecular weight excluding hydrogens is 513 g/mol. The van der Waals surface area contributed by atoms with Gasteiger partial charge in [-0.15, -0.1) is 5.10 Å². The molecule has 1 aliphatic heterocycles. The first-order valence-corrected chi connectivity index (χ1v) is 11.9. The van der Waals surface area contributed by atoms with Gasteiger partial charge in [0.2, 0.25) is 11.8 Å². The number of benzene rings is 1. The van der Waals surface area contributed by atoms with E-state index in [1.54, 1.807) is 23.1 Å². The number of anilines is 1. The number of aromatic nitrogens is 5. The fourth-order valence-electron chi connectivity index (χ4n) is 4.76. The monoisotopic (exact) mass is 539 g/mol. The van der Waals surface area contributed by atoms with E-state index in [9.17, 15) is 17.6 Å². The van der Waals surface area contributed by atoms with Crippen LogP contribution in [0.1, 0.15) is 6.42 Å². The highest BCUT2D eigenvalue weighted by atomic mass is 19.3. The van der Waals surface area contributed by atoms with Crippen molar-refractivity contribution >= 4 is 22.5 Å². The number of hydrogen-bond acceptors (Lipinski definition) is 7. The van der Waals surface area contributed by atoms with Crippen molar-refractivity contribution in [2.45, 2.75) is 31.4 Å². The quantitative estimate of drug-likeness (QED) is 0.323. The number of imidazole rings is 1. The Bertz CT molecular complexity index is 1440. The first-order chi connectivity index (χ1) is 18.2. The van der Waals surface area contributed by atoms with Gasteiger partial charge in [0.25, 0.3) is 12.3 Å². The Hall–Kier alpha value is -3.52. The van der Waals surface area contributed by atoms with E-state index < -0.39 is 37.3 Å². The van der Waals surface area contributed by atoms with Crippen LogP contribution >= 0.6 is 0 Å². The molecule has 1 aromatic carbocycles. The lowest BCUT2D eigenvalue weighted by molar-refractivity contribution is -0.0770. The third-order valence-corrected chi connectivity index (χ3v) is 6.58. The van der Waals surface area contributed by atoms with Gasteiger partial charge in [0.15, 0.2) is 5.82 Å². The van der Waals surface area contributed by atoms with Crippen molar-refractivity contribution in [2.75, 3.05) is 45.8 Å². The highest BCUT2D eigenvalue weighted by molar-refractivity contribution is 5.90. The fraction of sp³-hybridized carbons (Fsp3) is 0.458. The smallest absolute Gasteiger partial charge is 0.280 e. The van der Waals surface area contributed by atoms with Crippen LogP contribution in [0.3, 0.4) is 0 Å². The third-order valence-electron chi connectivity index (χ3n) is 6.58. The lowest BCUT2D eigenvalue weighted by Crippen LogP contribution is -2.55. The zero-order chi connectivity index (χ0) is 27.0. The van der Waals surface area contributed by atoms with Gasteiger partial charge in [-0.2, -0.15) is 4.98 Å². The SMILES string of the molecule is COCCN1CCC(Nc2nc(OC)c3c(-c4ccc5ncn(CC(F)F)c5c4)c(F)cn3n2)C(F)(F)C1. The van der Waals surface area contributed by atoms with Gasteiger partial charge in [-0.1, -0.05) is 6.07 Å². The Labute approximate surface area is 214 Å². The number of halogens is 5. The molecule has 1 saturated heterocycles. The van der Waals surface area contributed by atoms with E-state index in [1.165, 1.54) is 29.6 Å². The molecule has 1 atom stereocenters. The minimum atomic E-state index is -3.07. The van der Waals surface area contributed by atoms with Crippen LogP contribution in [0, 0.1) is 5.82 Å². The van der Waals surface area contributed by atoms with Crippen LogP contribution in [0.5, 0.6) is 5.88 Å². The van der Waals surface area contributed by atoms with Gasteiger partial charge < -0.3 is 19.4 Å². The number of fused-ring (bicyclic) bond motifs is 2. The highest BCUT2D eigenvalue weighted by Gasteiger charge is 2.45. The molecule has 5 rings (SSSR count). The summed E-state index contributed by atoms with van der Waals surface area (Å²) in [7, 11) is 2.84. The molecule has 0 bridgehead atoms. The van der Waals surface area contributed by atoms with Crippen molar-refractivity contribution in [2.24, 2.45) is 0 Å². The molecule has 1 aliphatic rings. The normalized spacial score (nSPS) is 18.1. The highest BCUT2D eigenvalue weighted by Crippen LogP contribution is 2.36. The van der Waals surface area contributed by atoms with Crippen LogP contribution in [0.2, 0.25) is 0 Å². The maximum atomic E-state index is 15.3. The summed E-state index contributed by atoms with van der Waals surface area (Å²) in [5.41, 5.74) is 1.49. The second kappa shape index (κ2) is 10.3. The lowest BCUT2D eigenvalue weighted by atomic mass is 10.0. The summed E-state index contributed by atoms with van der Waals surface area (Å²) in [4.78, 5) is 9.98. The van der Waals surface area contributed by atoms with Gasteiger partial charge in [0.05, 0.1) is 62.0 Å². The summed E-state index contributed by atoms with van der Waals surface area (Å²) < 4.78 is 83.8. The van der Waals surface area contributed by atoms with Crippen molar-refractivity contribution in [1.29, 1.82) is 0 Å². The molecule has 3 aromatic heterocycles. The average Bonchev–Trinajstić information content (AvgIpc) is 3.42. The number of nitrogens with zero attached hydrogens (tertiary/aromatic N) is 6. The standard InChI is InChI=1S/C24H26F5N7O2/c1-37-8-7-34-6-5-18(24(28,29)12-34)31-23-32-22(38-2)21-20(15(25)10-36(21)33-23)14-3-4-16-17(9-14)35(13-30-16)11-19(26)27/h3-4,9-10,13,18-19H,5-8,11-12H2,1-2H3,(H,31,33). The van der Waals surface area contributed by atoms with Crippen molar-refractivity contribution < 1.29 is 31.4 Å². The number of rotatable bonds is 9. The second-order valence-electron chi connectivity index (χ2n) is 9.10. The van der Waals surface area contributed by atoms with E-state index in [2.05, 4.69) is 20.4 Å². The first-order valence-electron chi connectivity index (χ1n) is 11.9. The Morgan fingerprint density at radius 3 is 2.76 bits per heavy atom. The Balaban J connectivity index is 1.48. The van der Waals surface area contributed by atoms with Crippen molar-refractivity contribution in [3.63, 3.8) is 0 Å². The number of methoxy groups -OCH3 is 2. The van der Waals surface area contributed by atoms with E-state index in [4.69, 9.17) is 9.47 Å². The van der Waals surface area contributed by atoms with Crippen molar-refractivity contribution in [1.82, 2.24) is 29.0 Å². The molecule has 1 N–H and O–H groups in total. The number of hydrogen-bond donors (Lipinski definition) is 1. The Kier molecular flexibility index (Phi) is 7.09. The Morgan fingerprint density at radius 2 is 2.05 bits per heavy atom. The van der Waals surface area contributed by atoms with E-state index in [0.717, 1.165) is 6.20 Å². The van der Waals surface area contributed by atoms with Crippen LogP contribution in [0.25, 0.3) is 27.7 Å². The van der Waals surface area contributed by atoms with Crippen LogP contribution in [-0.2, 0) is 11.3 Å². The minimum absolute atomic E-state index is 0.0385. The molecule has 0 spiro atoms. The van der Waals surface area contributed by atoms with Gasteiger partial charge in [0, 0.05) is 20.2 Å². The predicted octanol–water partition coefficient (Wildman–Crippen LogP) is 3.93.